The number of rotatable bonds is 3. The molecule has 5 rings (SSSR count). The maximum absolute atomic E-state index is 12.8. The summed E-state index contributed by atoms with van der Waals surface area (Å²) in [5, 5.41) is 2.11. The van der Waals surface area contributed by atoms with Crippen LogP contribution in [-0.4, -0.2) is 37.6 Å². The van der Waals surface area contributed by atoms with Gasteiger partial charge in [0, 0.05) is 48.7 Å². The van der Waals surface area contributed by atoms with Crippen molar-refractivity contribution in [1.82, 2.24) is 19.4 Å². The van der Waals surface area contributed by atoms with E-state index in [1.807, 2.05) is 36.2 Å². The van der Waals surface area contributed by atoms with E-state index in [9.17, 15) is 4.79 Å². The van der Waals surface area contributed by atoms with Gasteiger partial charge >= 0.3 is 0 Å². The molecule has 0 fully saturated rings. The number of fused-ring (bicyclic) bond motifs is 4. The van der Waals surface area contributed by atoms with Crippen LogP contribution in [0.5, 0.6) is 0 Å². The van der Waals surface area contributed by atoms with Gasteiger partial charge in [-0.25, -0.2) is 4.98 Å². The Morgan fingerprint density at radius 3 is 2.89 bits per heavy atom. The zero-order valence-electron chi connectivity index (χ0n) is 15.1. The fourth-order valence-corrected chi connectivity index (χ4v) is 4.74. The van der Waals surface area contributed by atoms with Gasteiger partial charge in [-0.1, -0.05) is 42.1 Å². The van der Waals surface area contributed by atoms with Crippen molar-refractivity contribution in [3.05, 3.63) is 59.8 Å². The second-order valence-corrected chi connectivity index (χ2v) is 7.87. The molecule has 2 aromatic heterocycles. The zero-order chi connectivity index (χ0) is 18.4. The average Bonchev–Trinajstić information content (AvgIpc) is 3.23. The fraction of sp³-hybridized carbons (Fsp3) is 0.238. The molecule has 0 saturated heterocycles. The molecule has 1 N–H and O–H groups in total. The predicted octanol–water partition coefficient (Wildman–Crippen LogP) is 3.73. The molecule has 5 nitrogen and oxygen atoms in total. The predicted molar refractivity (Wildman–Crippen MR) is 109 cm³/mol. The highest BCUT2D eigenvalue weighted by Gasteiger charge is 2.24. The lowest BCUT2D eigenvalue weighted by molar-refractivity contribution is -0.129. The molecule has 0 atom stereocenters. The maximum Gasteiger partial charge on any atom is 0.233 e. The van der Waals surface area contributed by atoms with Crippen LogP contribution in [0.25, 0.3) is 21.9 Å². The van der Waals surface area contributed by atoms with Gasteiger partial charge in [-0.2, -0.15) is 0 Å². The van der Waals surface area contributed by atoms with E-state index in [1.54, 1.807) is 0 Å². The SMILES string of the molecule is Cn1c(SCC(=O)N2CCc3[nH]c4ccccc4c3C2)nc2ccccc21. The van der Waals surface area contributed by atoms with Crippen LogP contribution >= 0.6 is 11.8 Å². The third kappa shape index (κ3) is 2.80. The number of nitrogens with zero attached hydrogens (tertiary/aromatic N) is 3. The number of benzene rings is 2. The molecule has 2 aromatic carbocycles. The van der Waals surface area contributed by atoms with E-state index < -0.39 is 0 Å². The number of aromatic nitrogens is 3. The average molecular weight is 376 g/mol. The largest absolute Gasteiger partial charge is 0.358 e. The van der Waals surface area contributed by atoms with Crippen LogP contribution < -0.4 is 0 Å². The highest BCUT2D eigenvalue weighted by molar-refractivity contribution is 7.99. The van der Waals surface area contributed by atoms with E-state index in [0.717, 1.165) is 34.7 Å². The smallest absolute Gasteiger partial charge is 0.233 e. The molecular formula is C21H20N4OS. The molecule has 27 heavy (non-hydrogen) atoms. The Hall–Kier alpha value is -2.73. The van der Waals surface area contributed by atoms with Gasteiger partial charge < -0.3 is 14.5 Å². The van der Waals surface area contributed by atoms with E-state index in [2.05, 4.69) is 38.8 Å². The fourth-order valence-electron chi connectivity index (χ4n) is 3.85. The van der Waals surface area contributed by atoms with E-state index in [-0.39, 0.29) is 5.91 Å². The van der Waals surface area contributed by atoms with Gasteiger partial charge in [0.05, 0.1) is 16.8 Å². The number of aromatic amines is 1. The standard InChI is InChI=1S/C21H20N4OS/c1-24-19-9-5-4-8-18(19)23-21(24)27-13-20(26)25-11-10-17-15(12-25)14-6-2-3-7-16(14)22-17/h2-9,22H,10-13H2,1H3. The van der Waals surface area contributed by atoms with Crippen LogP contribution in [-0.2, 0) is 24.8 Å². The van der Waals surface area contributed by atoms with Gasteiger partial charge in [0.1, 0.15) is 0 Å². The first-order valence-electron chi connectivity index (χ1n) is 9.11. The highest BCUT2D eigenvalue weighted by Crippen LogP contribution is 2.28. The Kier molecular flexibility index (Phi) is 3.93. The van der Waals surface area contributed by atoms with Gasteiger partial charge in [-0.15, -0.1) is 0 Å². The quantitative estimate of drug-likeness (QED) is 0.554. The monoisotopic (exact) mass is 376 g/mol. The summed E-state index contributed by atoms with van der Waals surface area (Å²) in [7, 11) is 2.00. The van der Waals surface area contributed by atoms with E-state index in [1.165, 1.54) is 28.4 Å². The van der Waals surface area contributed by atoms with Gasteiger partial charge in [0.2, 0.25) is 5.91 Å². The van der Waals surface area contributed by atoms with Gasteiger partial charge in [-0.3, -0.25) is 4.79 Å². The number of carbonyl (C=O) groups excluding carboxylic acids is 1. The first kappa shape index (κ1) is 16.4. The summed E-state index contributed by atoms with van der Waals surface area (Å²) >= 11 is 1.51. The number of thioether (sulfide) groups is 1. The molecule has 3 heterocycles. The number of para-hydroxylation sites is 3. The zero-order valence-corrected chi connectivity index (χ0v) is 15.9. The molecule has 0 aliphatic carbocycles. The number of hydrogen-bond acceptors (Lipinski definition) is 3. The lowest BCUT2D eigenvalue weighted by atomic mass is 10.0. The maximum atomic E-state index is 12.8. The summed E-state index contributed by atoms with van der Waals surface area (Å²) in [5.74, 6) is 0.581. The van der Waals surface area contributed by atoms with Crippen molar-refractivity contribution in [2.75, 3.05) is 12.3 Å². The molecule has 6 heteroatoms. The number of imidazole rings is 1. The third-order valence-corrected chi connectivity index (χ3v) is 6.32. The van der Waals surface area contributed by atoms with Crippen molar-refractivity contribution in [3.8, 4) is 0 Å². The molecule has 1 aliphatic rings. The first-order valence-corrected chi connectivity index (χ1v) is 10.1. The van der Waals surface area contributed by atoms with Gasteiger partial charge in [0.15, 0.2) is 5.16 Å². The number of aryl methyl sites for hydroxylation is 1. The van der Waals surface area contributed by atoms with Gasteiger partial charge in [-0.05, 0) is 18.2 Å². The number of hydrogen-bond donors (Lipinski definition) is 1. The molecule has 0 bridgehead atoms. The van der Waals surface area contributed by atoms with Crippen molar-refractivity contribution in [2.24, 2.45) is 7.05 Å². The second kappa shape index (κ2) is 6.46. The van der Waals surface area contributed by atoms with Crippen molar-refractivity contribution in [1.29, 1.82) is 0 Å². The molecule has 4 aromatic rings. The van der Waals surface area contributed by atoms with Crippen LogP contribution in [0.1, 0.15) is 11.3 Å². The Balaban J connectivity index is 1.32. The molecule has 0 saturated carbocycles. The minimum absolute atomic E-state index is 0.169. The summed E-state index contributed by atoms with van der Waals surface area (Å²) in [6.45, 7) is 1.45. The summed E-state index contributed by atoms with van der Waals surface area (Å²) in [5.41, 5.74) is 5.75. The van der Waals surface area contributed by atoms with E-state index >= 15 is 0 Å². The lowest BCUT2D eigenvalue weighted by Gasteiger charge is -2.27. The summed E-state index contributed by atoms with van der Waals surface area (Å²) < 4.78 is 2.06. The van der Waals surface area contributed by atoms with Crippen LogP contribution in [0.2, 0.25) is 0 Å². The minimum atomic E-state index is 0.169. The molecule has 0 unspecified atom stereocenters. The van der Waals surface area contributed by atoms with Crippen LogP contribution in [0.15, 0.2) is 53.7 Å². The molecule has 1 aliphatic heterocycles. The number of carbonyl (C=O) groups is 1. The Bertz CT molecular complexity index is 1160. The highest BCUT2D eigenvalue weighted by atomic mass is 32.2. The Morgan fingerprint density at radius 2 is 2.00 bits per heavy atom. The van der Waals surface area contributed by atoms with E-state index in [0.29, 0.717) is 12.3 Å². The van der Waals surface area contributed by atoms with Crippen LogP contribution in [0.4, 0.5) is 0 Å². The van der Waals surface area contributed by atoms with Crippen molar-refractivity contribution in [2.45, 2.75) is 18.1 Å². The van der Waals surface area contributed by atoms with Crippen LogP contribution in [0, 0.1) is 0 Å². The Labute approximate surface area is 161 Å². The normalized spacial score (nSPS) is 14.0. The first-order chi connectivity index (χ1) is 13.2. The number of amides is 1. The molecule has 0 radical (unpaired) electrons. The third-order valence-electron chi connectivity index (χ3n) is 5.31. The van der Waals surface area contributed by atoms with Crippen molar-refractivity contribution < 1.29 is 4.79 Å². The second-order valence-electron chi connectivity index (χ2n) is 6.92. The number of H-pyrrole nitrogens is 1. The van der Waals surface area contributed by atoms with Crippen molar-refractivity contribution >= 4 is 39.6 Å². The van der Waals surface area contributed by atoms with E-state index in [4.69, 9.17) is 0 Å². The summed E-state index contributed by atoms with van der Waals surface area (Å²) in [4.78, 5) is 22.9. The summed E-state index contributed by atoms with van der Waals surface area (Å²) in [6.07, 6.45) is 0.882. The van der Waals surface area contributed by atoms with Crippen LogP contribution in [0.3, 0.4) is 0 Å². The molecule has 0 spiro atoms. The number of nitrogens with one attached hydrogen (secondary N) is 1. The summed E-state index contributed by atoms with van der Waals surface area (Å²) in [6, 6.07) is 16.4. The minimum Gasteiger partial charge on any atom is -0.358 e. The topological polar surface area (TPSA) is 53.9 Å². The van der Waals surface area contributed by atoms with Gasteiger partial charge in [0.25, 0.3) is 0 Å². The Morgan fingerprint density at radius 1 is 1.19 bits per heavy atom. The molecule has 136 valence electrons. The lowest BCUT2D eigenvalue weighted by Crippen LogP contribution is -2.36. The van der Waals surface area contributed by atoms with Crippen molar-refractivity contribution in [3.63, 3.8) is 0 Å². The molecule has 1 amide bonds. The molecular weight excluding hydrogens is 356 g/mol.